The Labute approximate surface area is 108 Å². The minimum absolute atomic E-state index is 0.405. The van der Waals surface area contributed by atoms with Crippen molar-refractivity contribution in [2.75, 3.05) is 0 Å². The SMILES string of the molecule is CCC(C)Cc1nnc(CN)n1-c1ccccc1. The summed E-state index contributed by atoms with van der Waals surface area (Å²) in [6.07, 6.45) is 2.07. The third-order valence-corrected chi connectivity index (χ3v) is 3.22. The van der Waals surface area contributed by atoms with Gasteiger partial charge in [0.15, 0.2) is 5.82 Å². The molecule has 0 bridgehead atoms. The highest BCUT2D eigenvalue weighted by atomic mass is 15.3. The van der Waals surface area contributed by atoms with Gasteiger partial charge in [0.1, 0.15) is 5.82 Å². The standard InChI is InChI=1S/C14H20N4/c1-3-11(2)9-13-16-17-14(10-15)18(13)12-7-5-4-6-8-12/h4-8,11H,3,9-10,15H2,1-2H3. The van der Waals surface area contributed by atoms with Crippen LogP contribution in [0.15, 0.2) is 30.3 Å². The van der Waals surface area contributed by atoms with E-state index >= 15 is 0 Å². The summed E-state index contributed by atoms with van der Waals surface area (Å²) in [4.78, 5) is 0. The zero-order valence-corrected chi connectivity index (χ0v) is 11.0. The second-order valence-corrected chi connectivity index (χ2v) is 4.63. The molecule has 4 nitrogen and oxygen atoms in total. The molecule has 0 saturated carbocycles. The maximum absolute atomic E-state index is 5.74. The molecule has 0 fully saturated rings. The van der Waals surface area contributed by atoms with E-state index in [1.165, 1.54) is 0 Å². The third kappa shape index (κ3) is 2.59. The Kier molecular flexibility index (Phi) is 4.10. The lowest BCUT2D eigenvalue weighted by molar-refractivity contribution is 0.537. The second kappa shape index (κ2) is 5.78. The highest BCUT2D eigenvalue weighted by molar-refractivity contribution is 5.34. The Bertz CT molecular complexity index is 490. The van der Waals surface area contributed by atoms with Crippen LogP contribution in [0.4, 0.5) is 0 Å². The summed E-state index contributed by atoms with van der Waals surface area (Å²) in [6.45, 7) is 4.83. The molecule has 1 aromatic heterocycles. The normalized spacial score (nSPS) is 12.6. The number of nitrogens with two attached hydrogens (primary N) is 1. The van der Waals surface area contributed by atoms with E-state index in [2.05, 4.69) is 40.7 Å². The van der Waals surface area contributed by atoms with E-state index in [1.54, 1.807) is 0 Å². The summed E-state index contributed by atoms with van der Waals surface area (Å²) in [5, 5.41) is 8.47. The Morgan fingerprint density at radius 2 is 1.83 bits per heavy atom. The average Bonchev–Trinajstić information content (AvgIpc) is 2.82. The van der Waals surface area contributed by atoms with Gasteiger partial charge in [-0.2, -0.15) is 0 Å². The molecular formula is C14H20N4. The van der Waals surface area contributed by atoms with Crippen molar-refractivity contribution in [2.45, 2.75) is 33.2 Å². The fraction of sp³-hybridized carbons (Fsp3) is 0.429. The Hall–Kier alpha value is -1.68. The van der Waals surface area contributed by atoms with Crippen LogP contribution in [-0.4, -0.2) is 14.8 Å². The molecular weight excluding hydrogens is 224 g/mol. The molecule has 2 rings (SSSR count). The number of benzene rings is 1. The van der Waals surface area contributed by atoms with E-state index in [-0.39, 0.29) is 0 Å². The quantitative estimate of drug-likeness (QED) is 0.878. The maximum atomic E-state index is 5.74. The largest absolute Gasteiger partial charge is 0.324 e. The average molecular weight is 244 g/mol. The van der Waals surface area contributed by atoms with Gasteiger partial charge < -0.3 is 5.73 Å². The lowest BCUT2D eigenvalue weighted by Crippen LogP contribution is -2.11. The van der Waals surface area contributed by atoms with E-state index in [0.29, 0.717) is 12.5 Å². The molecule has 0 aliphatic carbocycles. The van der Waals surface area contributed by atoms with Gasteiger partial charge in [0.25, 0.3) is 0 Å². The van der Waals surface area contributed by atoms with Crippen LogP contribution in [0.25, 0.3) is 5.69 Å². The van der Waals surface area contributed by atoms with Crippen LogP contribution in [0.1, 0.15) is 31.9 Å². The maximum Gasteiger partial charge on any atom is 0.151 e. The first-order valence-electron chi connectivity index (χ1n) is 6.45. The van der Waals surface area contributed by atoms with Gasteiger partial charge in [-0.1, -0.05) is 38.5 Å². The highest BCUT2D eigenvalue weighted by Crippen LogP contribution is 2.16. The summed E-state index contributed by atoms with van der Waals surface area (Å²) in [6, 6.07) is 10.2. The van der Waals surface area contributed by atoms with Crippen molar-refractivity contribution in [2.24, 2.45) is 11.7 Å². The number of rotatable bonds is 5. The zero-order chi connectivity index (χ0) is 13.0. The van der Waals surface area contributed by atoms with Gasteiger partial charge in [0, 0.05) is 12.1 Å². The Morgan fingerprint density at radius 3 is 2.44 bits per heavy atom. The number of aromatic nitrogens is 3. The van der Waals surface area contributed by atoms with E-state index < -0.39 is 0 Å². The van der Waals surface area contributed by atoms with Gasteiger partial charge in [-0.25, -0.2) is 0 Å². The molecule has 1 heterocycles. The topological polar surface area (TPSA) is 56.7 Å². The van der Waals surface area contributed by atoms with Crippen molar-refractivity contribution in [1.82, 2.24) is 14.8 Å². The minimum atomic E-state index is 0.405. The molecule has 1 atom stereocenters. The molecule has 18 heavy (non-hydrogen) atoms. The summed E-state index contributed by atoms with van der Waals surface area (Å²) >= 11 is 0. The number of nitrogens with zero attached hydrogens (tertiary/aromatic N) is 3. The number of hydrogen-bond donors (Lipinski definition) is 1. The summed E-state index contributed by atoms with van der Waals surface area (Å²) < 4.78 is 2.08. The first-order chi connectivity index (χ1) is 8.76. The van der Waals surface area contributed by atoms with E-state index in [1.807, 2.05) is 18.2 Å². The summed E-state index contributed by atoms with van der Waals surface area (Å²) in [5.41, 5.74) is 6.83. The van der Waals surface area contributed by atoms with Gasteiger partial charge in [0.05, 0.1) is 6.54 Å². The van der Waals surface area contributed by atoms with Gasteiger partial charge >= 0.3 is 0 Å². The molecule has 4 heteroatoms. The molecule has 1 aromatic carbocycles. The van der Waals surface area contributed by atoms with Crippen LogP contribution in [0.5, 0.6) is 0 Å². The smallest absolute Gasteiger partial charge is 0.151 e. The van der Waals surface area contributed by atoms with Crippen molar-refractivity contribution in [3.63, 3.8) is 0 Å². The Balaban J connectivity index is 2.40. The van der Waals surface area contributed by atoms with Gasteiger partial charge in [-0.15, -0.1) is 10.2 Å². The summed E-state index contributed by atoms with van der Waals surface area (Å²) in [7, 11) is 0. The monoisotopic (exact) mass is 244 g/mol. The fourth-order valence-corrected chi connectivity index (χ4v) is 1.95. The molecule has 0 amide bonds. The first kappa shape index (κ1) is 12.8. The predicted molar refractivity (Wildman–Crippen MR) is 72.4 cm³/mol. The van der Waals surface area contributed by atoms with Crippen molar-refractivity contribution < 1.29 is 0 Å². The third-order valence-electron chi connectivity index (χ3n) is 3.22. The molecule has 2 aromatic rings. The van der Waals surface area contributed by atoms with Gasteiger partial charge in [-0.05, 0) is 18.1 Å². The van der Waals surface area contributed by atoms with Crippen molar-refractivity contribution in [1.29, 1.82) is 0 Å². The molecule has 2 N–H and O–H groups in total. The zero-order valence-electron chi connectivity index (χ0n) is 11.0. The molecule has 96 valence electrons. The number of para-hydroxylation sites is 1. The van der Waals surface area contributed by atoms with Crippen molar-refractivity contribution in [3.05, 3.63) is 42.0 Å². The number of hydrogen-bond acceptors (Lipinski definition) is 3. The first-order valence-corrected chi connectivity index (χ1v) is 6.45. The van der Waals surface area contributed by atoms with Crippen LogP contribution >= 0.6 is 0 Å². The van der Waals surface area contributed by atoms with Crippen LogP contribution in [0, 0.1) is 5.92 Å². The van der Waals surface area contributed by atoms with Gasteiger partial charge in [-0.3, -0.25) is 4.57 Å². The lowest BCUT2D eigenvalue weighted by atomic mass is 10.0. The van der Waals surface area contributed by atoms with Crippen molar-refractivity contribution >= 4 is 0 Å². The van der Waals surface area contributed by atoms with Gasteiger partial charge in [0.2, 0.25) is 0 Å². The predicted octanol–water partition coefficient (Wildman–Crippen LogP) is 2.31. The molecule has 0 radical (unpaired) electrons. The van der Waals surface area contributed by atoms with E-state index in [4.69, 9.17) is 5.73 Å². The molecule has 1 unspecified atom stereocenters. The van der Waals surface area contributed by atoms with Crippen molar-refractivity contribution in [3.8, 4) is 5.69 Å². The molecule has 0 aliphatic rings. The second-order valence-electron chi connectivity index (χ2n) is 4.63. The summed E-state index contributed by atoms with van der Waals surface area (Å²) in [5.74, 6) is 2.41. The van der Waals surface area contributed by atoms with E-state index in [9.17, 15) is 0 Å². The van der Waals surface area contributed by atoms with E-state index in [0.717, 1.165) is 30.2 Å². The molecule has 0 aliphatic heterocycles. The Morgan fingerprint density at radius 1 is 1.17 bits per heavy atom. The van der Waals surface area contributed by atoms with Crippen LogP contribution in [0.3, 0.4) is 0 Å². The lowest BCUT2D eigenvalue weighted by Gasteiger charge is -2.12. The molecule has 0 spiro atoms. The molecule has 0 saturated heterocycles. The van der Waals surface area contributed by atoms with Crippen LogP contribution in [-0.2, 0) is 13.0 Å². The highest BCUT2D eigenvalue weighted by Gasteiger charge is 2.14. The van der Waals surface area contributed by atoms with Crippen LogP contribution in [0.2, 0.25) is 0 Å². The fourth-order valence-electron chi connectivity index (χ4n) is 1.95. The minimum Gasteiger partial charge on any atom is -0.324 e. The van der Waals surface area contributed by atoms with Crippen LogP contribution < -0.4 is 5.73 Å².